The number of likely N-dealkylation sites (tertiary alicyclic amines) is 1. The number of piperidine rings is 1. The smallest absolute Gasteiger partial charge is 0.255 e. The van der Waals surface area contributed by atoms with E-state index in [1.165, 1.54) is 12.8 Å². The summed E-state index contributed by atoms with van der Waals surface area (Å²) in [5, 5.41) is 27.0. The number of benzene rings is 3. The van der Waals surface area contributed by atoms with Gasteiger partial charge in [0.1, 0.15) is 11.5 Å². The number of Topliss-reactive ketones (excluding diaryl/α,β-unsaturated/α-hetero) is 2. The lowest BCUT2D eigenvalue weighted by Gasteiger charge is -2.86. The van der Waals surface area contributed by atoms with Crippen LogP contribution in [0.4, 0.5) is 0 Å². The number of ketones is 2. The maximum atomic E-state index is 13.4. The van der Waals surface area contributed by atoms with Gasteiger partial charge in [-0.3, -0.25) is 19.3 Å². The highest BCUT2D eigenvalue weighted by Crippen LogP contribution is 2.78. The lowest BCUT2D eigenvalue weighted by Crippen LogP contribution is -2.98. The number of nitrogens with zero attached hydrogens (tertiary/aromatic N) is 1. The van der Waals surface area contributed by atoms with Gasteiger partial charge in [-0.1, -0.05) is 54.6 Å². The van der Waals surface area contributed by atoms with Gasteiger partial charge in [0.25, 0.3) is 5.91 Å². The van der Waals surface area contributed by atoms with Crippen molar-refractivity contribution in [2.75, 3.05) is 19.6 Å². The second-order valence-electron chi connectivity index (χ2n) is 13.9. The molecule has 2 bridgehead atoms. The molecule has 1 heterocycles. The van der Waals surface area contributed by atoms with Crippen LogP contribution in [0.3, 0.4) is 0 Å². The minimum Gasteiger partial charge on any atom is -0.507 e. The van der Waals surface area contributed by atoms with Crippen LogP contribution in [-0.2, 0) is 23.1 Å². The molecule has 3 N–H and O–H groups in total. The average molecular weight is 591 g/mol. The van der Waals surface area contributed by atoms with E-state index in [1.54, 1.807) is 13.0 Å². The van der Waals surface area contributed by atoms with Crippen LogP contribution in [0.5, 0.6) is 5.75 Å². The third-order valence-corrected chi connectivity index (χ3v) is 11.7. The van der Waals surface area contributed by atoms with Gasteiger partial charge in [-0.15, -0.1) is 0 Å². The van der Waals surface area contributed by atoms with Crippen LogP contribution >= 0.6 is 0 Å². The maximum absolute atomic E-state index is 13.4. The Labute approximate surface area is 257 Å². The summed E-state index contributed by atoms with van der Waals surface area (Å²) in [6.07, 6.45) is 4.79. The Balaban J connectivity index is 0.992. The van der Waals surface area contributed by atoms with Gasteiger partial charge in [-0.25, -0.2) is 0 Å². The predicted molar refractivity (Wildman–Crippen MR) is 166 cm³/mol. The molecular formula is C37H38N2O5. The SMILES string of the molecule is CC(=O)c1ccc(-c2ccc(CCNC(=O)c3ccc4c(c3O)C35CC(=O)CCC3(O)C3(C4)C5CN3CC3CC3)cc2)cc1. The van der Waals surface area contributed by atoms with Crippen molar-refractivity contribution < 1.29 is 24.6 Å². The van der Waals surface area contributed by atoms with E-state index in [1.807, 2.05) is 54.6 Å². The molecule has 4 fully saturated rings. The average Bonchev–Trinajstić information content (AvgIpc) is 3.84. The van der Waals surface area contributed by atoms with Gasteiger partial charge in [0.05, 0.1) is 16.7 Å². The minimum absolute atomic E-state index is 0.0434. The highest BCUT2D eigenvalue weighted by molar-refractivity contribution is 5.98. The van der Waals surface area contributed by atoms with E-state index in [0.29, 0.717) is 49.3 Å². The largest absolute Gasteiger partial charge is 0.507 e. The van der Waals surface area contributed by atoms with Gasteiger partial charge in [0.15, 0.2) is 5.78 Å². The molecule has 5 aliphatic rings. The number of carbonyl (C=O) groups is 3. The molecular weight excluding hydrogens is 552 g/mol. The Morgan fingerprint density at radius 1 is 0.977 bits per heavy atom. The first-order valence-corrected chi connectivity index (χ1v) is 16.0. The van der Waals surface area contributed by atoms with Gasteiger partial charge in [-0.05, 0) is 73.3 Å². The fourth-order valence-electron chi connectivity index (χ4n) is 9.41. The number of fused-ring (bicyclic) bond motifs is 1. The molecule has 0 aromatic heterocycles. The molecule has 1 aliphatic heterocycles. The summed E-state index contributed by atoms with van der Waals surface area (Å²) in [6, 6.07) is 19.3. The molecule has 226 valence electrons. The zero-order valence-corrected chi connectivity index (χ0v) is 25.1. The highest BCUT2D eigenvalue weighted by atomic mass is 16.3. The summed E-state index contributed by atoms with van der Waals surface area (Å²) >= 11 is 0. The molecule has 1 saturated heterocycles. The van der Waals surface area contributed by atoms with Crippen LogP contribution in [0, 0.1) is 11.8 Å². The number of hydrogen-bond acceptors (Lipinski definition) is 6. The first-order chi connectivity index (χ1) is 21.2. The molecule has 0 radical (unpaired) electrons. The summed E-state index contributed by atoms with van der Waals surface area (Å²) in [4.78, 5) is 40.3. The maximum Gasteiger partial charge on any atom is 0.255 e. The fourth-order valence-corrected chi connectivity index (χ4v) is 9.41. The summed E-state index contributed by atoms with van der Waals surface area (Å²) in [5.41, 5.74) is 3.42. The van der Waals surface area contributed by atoms with Crippen LogP contribution in [-0.4, -0.2) is 63.4 Å². The van der Waals surface area contributed by atoms with Crippen LogP contribution in [0.2, 0.25) is 0 Å². The van der Waals surface area contributed by atoms with Gasteiger partial charge >= 0.3 is 0 Å². The molecule has 7 heteroatoms. The van der Waals surface area contributed by atoms with Crippen molar-refractivity contribution in [2.45, 2.75) is 68.4 Å². The number of rotatable bonds is 8. The summed E-state index contributed by atoms with van der Waals surface area (Å²) in [7, 11) is 0. The zero-order chi connectivity index (χ0) is 30.4. The fraction of sp³-hybridized carbons (Fsp3) is 0.432. The zero-order valence-electron chi connectivity index (χ0n) is 25.1. The summed E-state index contributed by atoms with van der Waals surface area (Å²) < 4.78 is 0. The molecule has 3 aromatic carbocycles. The van der Waals surface area contributed by atoms with Crippen molar-refractivity contribution in [2.24, 2.45) is 11.8 Å². The molecule has 3 saturated carbocycles. The molecule has 4 atom stereocenters. The molecule has 4 unspecified atom stereocenters. The second-order valence-corrected chi connectivity index (χ2v) is 13.9. The Bertz CT molecular complexity index is 1710. The number of aromatic hydroxyl groups is 1. The number of carbonyl (C=O) groups excluding carboxylic acids is 3. The third kappa shape index (κ3) is 3.66. The number of phenolic OH excluding ortho intramolecular Hbond substituents is 1. The quantitative estimate of drug-likeness (QED) is 0.331. The van der Waals surface area contributed by atoms with Crippen molar-refractivity contribution >= 4 is 17.5 Å². The molecule has 7 nitrogen and oxygen atoms in total. The van der Waals surface area contributed by atoms with Gasteiger partial charge in [0.2, 0.25) is 0 Å². The van der Waals surface area contributed by atoms with Crippen molar-refractivity contribution in [3.05, 3.63) is 88.5 Å². The van der Waals surface area contributed by atoms with Gasteiger partial charge < -0.3 is 15.5 Å². The third-order valence-electron chi connectivity index (χ3n) is 11.7. The van der Waals surface area contributed by atoms with Crippen molar-refractivity contribution in [1.82, 2.24) is 10.2 Å². The lowest BCUT2D eigenvalue weighted by molar-refractivity contribution is -0.363. The Morgan fingerprint density at radius 2 is 1.68 bits per heavy atom. The molecule has 1 spiro atoms. The number of aliphatic hydroxyl groups is 1. The van der Waals surface area contributed by atoms with E-state index < -0.39 is 11.0 Å². The molecule has 3 aromatic rings. The molecule has 4 aliphatic carbocycles. The predicted octanol–water partition coefficient (Wildman–Crippen LogP) is 4.61. The first-order valence-electron chi connectivity index (χ1n) is 16.0. The summed E-state index contributed by atoms with van der Waals surface area (Å²) in [5.74, 6) is 0.581. The van der Waals surface area contributed by atoms with E-state index in [0.717, 1.165) is 35.3 Å². The standard InChI is InChI=1S/C37H38N2O5/c1-22(40)25-8-10-27(11-9-25)26-6-4-23(5-7-26)15-17-38-34(43)30-13-12-28-18-36-31(21-39(36)20-24-2-3-24)35(32(28)33(30)42)19-29(41)14-16-37(35,36)44/h4-13,24,31,42,44H,2-3,14-21H2,1H3,(H,38,43). The topological polar surface area (TPSA) is 107 Å². The van der Waals surface area contributed by atoms with E-state index in [-0.39, 0.29) is 46.7 Å². The number of hydrogen-bond donors (Lipinski definition) is 3. The van der Waals surface area contributed by atoms with Crippen LogP contribution < -0.4 is 5.32 Å². The van der Waals surface area contributed by atoms with E-state index >= 15 is 0 Å². The molecule has 1 amide bonds. The van der Waals surface area contributed by atoms with Crippen LogP contribution in [0.25, 0.3) is 11.1 Å². The number of nitrogens with one attached hydrogen (secondary N) is 1. The molecule has 44 heavy (non-hydrogen) atoms. The van der Waals surface area contributed by atoms with Gasteiger partial charge in [0, 0.05) is 54.9 Å². The van der Waals surface area contributed by atoms with E-state index in [9.17, 15) is 24.6 Å². The number of amides is 1. The van der Waals surface area contributed by atoms with Crippen molar-refractivity contribution in [3.63, 3.8) is 0 Å². The van der Waals surface area contributed by atoms with Gasteiger partial charge in [-0.2, -0.15) is 0 Å². The van der Waals surface area contributed by atoms with Crippen molar-refractivity contribution in [1.29, 1.82) is 0 Å². The van der Waals surface area contributed by atoms with Crippen LogP contribution in [0.1, 0.15) is 76.4 Å². The van der Waals surface area contributed by atoms with E-state index in [4.69, 9.17) is 0 Å². The number of phenols is 1. The Hall–Kier alpha value is -3.81. The first kappa shape index (κ1) is 27.7. The van der Waals surface area contributed by atoms with Crippen molar-refractivity contribution in [3.8, 4) is 16.9 Å². The lowest BCUT2D eigenvalue weighted by atomic mass is 9.27. The second kappa shape index (κ2) is 9.59. The minimum atomic E-state index is -1.06. The van der Waals surface area contributed by atoms with E-state index in [2.05, 4.69) is 10.2 Å². The van der Waals surface area contributed by atoms with Crippen LogP contribution in [0.15, 0.2) is 60.7 Å². The Morgan fingerprint density at radius 3 is 2.36 bits per heavy atom. The highest BCUT2D eigenvalue weighted by Gasteiger charge is 2.89. The Kier molecular flexibility index (Phi) is 6.04. The monoisotopic (exact) mass is 590 g/mol. The summed E-state index contributed by atoms with van der Waals surface area (Å²) in [6.45, 7) is 3.80. The molecule has 8 rings (SSSR count). The normalized spacial score (nSPS) is 29.9.